The van der Waals surface area contributed by atoms with Gasteiger partial charge in [0.05, 0.1) is 17.8 Å². The van der Waals surface area contributed by atoms with Crippen molar-refractivity contribution in [3.8, 4) is 11.3 Å². The molecule has 0 aliphatic carbocycles. The molecule has 0 saturated carbocycles. The molecule has 2 N–H and O–H groups in total. The van der Waals surface area contributed by atoms with Gasteiger partial charge in [0.2, 0.25) is 0 Å². The highest BCUT2D eigenvalue weighted by Crippen LogP contribution is 2.24. The van der Waals surface area contributed by atoms with Crippen LogP contribution in [0.3, 0.4) is 0 Å². The molecule has 0 bridgehead atoms. The molecule has 25 heavy (non-hydrogen) atoms. The Morgan fingerprint density at radius 1 is 1.28 bits per heavy atom. The number of thiazole rings is 1. The lowest BCUT2D eigenvalue weighted by Crippen LogP contribution is -2.35. The Morgan fingerprint density at radius 2 is 2.08 bits per heavy atom. The molecular weight excluding hydrogens is 359 g/mol. The monoisotopic (exact) mass is 374 g/mol. The average molecular weight is 374 g/mol. The van der Waals surface area contributed by atoms with Gasteiger partial charge in [-0.2, -0.15) is 0 Å². The predicted molar refractivity (Wildman–Crippen MR) is 97.6 cm³/mol. The second-order valence-corrected chi connectivity index (χ2v) is 7.31. The molecule has 0 spiro atoms. The molecule has 1 aromatic carbocycles. The van der Waals surface area contributed by atoms with E-state index in [0.29, 0.717) is 17.9 Å². The molecule has 0 fully saturated rings. The first-order valence-corrected chi connectivity index (χ1v) is 9.14. The molecule has 0 radical (unpaired) electrons. The number of halogens is 1. The summed E-state index contributed by atoms with van der Waals surface area (Å²) in [5.74, 6) is -0.254. The number of nitrogens with one attached hydrogen (secondary N) is 2. The lowest BCUT2D eigenvalue weighted by Gasteiger charge is -2.26. The number of rotatable bonds is 3. The third-order valence-corrected chi connectivity index (χ3v) is 5.28. The van der Waals surface area contributed by atoms with Gasteiger partial charge >= 0.3 is 0 Å². The van der Waals surface area contributed by atoms with E-state index >= 15 is 0 Å². The second kappa shape index (κ2) is 6.62. The lowest BCUT2D eigenvalue weighted by atomic mass is 10.1. The van der Waals surface area contributed by atoms with Crippen LogP contribution in [0.2, 0.25) is 0 Å². The normalized spacial score (nSPS) is 14.4. The Balaban J connectivity index is 1.51. The Bertz CT molecular complexity index is 1020. The summed E-state index contributed by atoms with van der Waals surface area (Å²) in [6.07, 6.45) is 0.763. The molecular formula is C17H15FN4OS2. The zero-order chi connectivity index (χ0) is 17.4. The molecule has 1 aliphatic heterocycles. The minimum absolute atomic E-state index is 0.116. The van der Waals surface area contributed by atoms with Gasteiger partial charge in [-0.05, 0) is 36.5 Å². The molecule has 0 amide bonds. The minimum Gasteiger partial charge on any atom is -0.335 e. The number of benzene rings is 1. The van der Waals surface area contributed by atoms with Crippen molar-refractivity contribution in [2.45, 2.75) is 19.5 Å². The fourth-order valence-corrected chi connectivity index (χ4v) is 4.04. The molecule has 4 rings (SSSR count). The third kappa shape index (κ3) is 3.46. The molecule has 3 aromatic rings. The van der Waals surface area contributed by atoms with Crippen LogP contribution in [0.25, 0.3) is 11.3 Å². The zero-order valence-corrected chi connectivity index (χ0v) is 14.8. The quantitative estimate of drug-likeness (QED) is 0.691. The van der Waals surface area contributed by atoms with Crippen LogP contribution in [0.15, 0.2) is 34.4 Å². The molecule has 1 aliphatic rings. The van der Waals surface area contributed by atoms with Crippen molar-refractivity contribution in [3.05, 3.63) is 66.9 Å². The van der Waals surface area contributed by atoms with E-state index in [2.05, 4.69) is 19.9 Å². The van der Waals surface area contributed by atoms with Gasteiger partial charge in [-0.1, -0.05) is 0 Å². The number of nitrogens with zero attached hydrogens (tertiary/aromatic N) is 2. The summed E-state index contributed by atoms with van der Waals surface area (Å²) in [5, 5.41) is 2.95. The van der Waals surface area contributed by atoms with Crippen molar-refractivity contribution in [1.29, 1.82) is 0 Å². The van der Waals surface area contributed by atoms with E-state index in [0.717, 1.165) is 40.5 Å². The van der Waals surface area contributed by atoms with Crippen LogP contribution in [0.5, 0.6) is 0 Å². The number of H-pyrrole nitrogens is 2. The van der Waals surface area contributed by atoms with Crippen LogP contribution in [0, 0.1) is 10.6 Å². The smallest absolute Gasteiger partial charge is 0.256 e. The van der Waals surface area contributed by atoms with Gasteiger partial charge in [-0.15, -0.1) is 11.3 Å². The van der Waals surface area contributed by atoms with E-state index in [4.69, 9.17) is 12.2 Å². The van der Waals surface area contributed by atoms with Gasteiger partial charge in [0.25, 0.3) is 5.56 Å². The number of aromatic nitrogens is 3. The Morgan fingerprint density at radius 3 is 2.88 bits per heavy atom. The van der Waals surface area contributed by atoms with E-state index in [9.17, 15) is 9.18 Å². The number of hydrogen-bond donors (Lipinski definition) is 2. The van der Waals surface area contributed by atoms with Gasteiger partial charge in [-0.3, -0.25) is 14.7 Å². The summed E-state index contributed by atoms with van der Waals surface area (Å²) < 4.78 is 13.4. The third-order valence-electron chi connectivity index (χ3n) is 4.24. The van der Waals surface area contributed by atoms with Crippen LogP contribution in [0.4, 0.5) is 4.39 Å². The first-order valence-electron chi connectivity index (χ1n) is 7.85. The Kier molecular flexibility index (Phi) is 4.32. The molecule has 0 saturated heterocycles. The Labute approximate surface area is 152 Å². The van der Waals surface area contributed by atoms with Crippen molar-refractivity contribution >= 4 is 23.6 Å². The summed E-state index contributed by atoms with van der Waals surface area (Å²) in [6.45, 7) is 2.09. The van der Waals surface area contributed by atoms with Gasteiger partial charge in [0.1, 0.15) is 10.8 Å². The first kappa shape index (κ1) is 16.3. The molecule has 0 atom stereocenters. The van der Waals surface area contributed by atoms with Crippen LogP contribution in [-0.4, -0.2) is 26.4 Å². The maximum atomic E-state index is 13.0. The van der Waals surface area contributed by atoms with Crippen molar-refractivity contribution in [1.82, 2.24) is 19.9 Å². The number of fused-ring (bicyclic) bond motifs is 1. The average Bonchev–Trinajstić information content (AvgIpc) is 3.04. The van der Waals surface area contributed by atoms with E-state index in [1.54, 1.807) is 23.5 Å². The van der Waals surface area contributed by atoms with Crippen LogP contribution in [0.1, 0.15) is 16.3 Å². The van der Waals surface area contributed by atoms with Crippen LogP contribution in [-0.2, 0) is 19.5 Å². The van der Waals surface area contributed by atoms with Crippen molar-refractivity contribution in [2.24, 2.45) is 0 Å². The molecule has 0 unspecified atom stereocenters. The molecule has 8 heteroatoms. The zero-order valence-electron chi connectivity index (χ0n) is 13.2. The van der Waals surface area contributed by atoms with Crippen LogP contribution < -0.4 is 5.56 Å². The summed E-state index contributed by atoms with van der Waals surface area (Å²) >= 11 is 6.59. The maximum Gasteiger partial charge on any atom is 0.256 e. The fourth-order valence-electron chi connectivity index (χ4n) is 2.98. The first-order chi connectivity index (χ1) is 12.1. The van der Waals surface area contributed by atoms with Gasteiger partial charge in [0.15, 0.2) is 4.77 Å². The lowest BCUT2D eigenvalue weighted by molar-refractivity contribution is 0.241. The fraction of sp³-hybridized carbons (Fsp3) is 0.235. The summed E-state index contributed by atoms with van der Waals surface area (Å²) in [7, 11) is 0. The van der Waals surface area contributed by atoms with Crippen molar-refractivity contribution in [3.63, 3.8) is 0 Å². The van der Waals surface area contributed by atoms with E-state index in [1.165, 1.54) is 12.1 Å². The van der Waals surface area contributed by atoms with E-state index in [1.807, 2.05) is 5.38 Å². The summed E-state index contributed by atoms with van der Waals surface area (Å²) in [4.78, 5) is 24.6. The number of hydrogen-bond acceptors (Lipinski definition) is 5. The van der Waals surface area contributed by atoms with Crippen molar-refractivity contribution in [2.75, 3.05) is 6.54 Å². The molecule has 2 aromatic heterocycles. The topological polar surface area (TPSA) is 64.8 Å². The largest absolute Gasteiger partial charge is 0.335 e. The highest BCUT2D eigenvalue weighted by atomic mass is 32.1. The molecule has 3 heterocycles. The van der Waals surface area contributed by atoms with Gasteiger partial charge in [0, 0.05) is 36.1 Å². The molecule has 5 nitrogen and oxygen atoms in total. The van der Waals surface area contributed by atoms with Gasteiger partial charge < -0.3 is 4.98 Å². The van der Waals surface area contributed by atoms with Crippen molar-refractivity contribution < 1.29 is 4.39 Å². The van der Waals surface area contributed by atoms with E-state index < -0.39 is 0 Å². The van der Waals surface area contributed by atoms with E-state index in [-0.39, 0.29) is 11.4 Å². The SMILES string of the molecule is O=c1[nH]c(=S)[nH]c2c1CN(Cc1nc(-c3ccc(F)cc3)cs1)CC2. The van der Waals surface area contributed by atoms with Crippen LogP contribution >= 0.6 is 23.6 Å². The number of aromatic amines is 2. The predicted octanol–water partition coefficient (Wildman–Crippen LogP) is 3.25. The summed E-state index contributed by atoms with van der Waals surface area (Å²) in [5.41, 5.74) is 3.30. The minimum atomic E-state index is -0.254. The highest BCUT2D eigenvalue weighted by Gasteiger charge is 2.20. The molecule has 128 valence electrons. The summed E-state index contributed by atoms with van der Waals surface area (Å²) in [6, 6.07) is 6.33. The second-order valence-electron chi connectivity index (χ2n) is 5.96. The van der Waals surface area contributed by atoms with Gasteiger partial charge in [-0.25, -0.2) is 9.37 Å². The Hall–Kier alpha value is -2.16. The standard InChI is InChI=1S/C17H15FN4OS2/c18-11-3-1-10(2-4-11)14-9-25-15(19-14)8-22-6-5-13-12(7-22)16(23)21-17(24)20-13/h1-4,9H,5-8H2,(H2,20,21,23,24). The maximum absolute atomic E-state index is 13.0. The highest BCUT2D eigenvalue weighted by molar-refractivity contribution is 7.71.